The Kier molecular flexibility index (Phi) is 3.15. The van der Waals surface area contributed by atoms with Crippen LogP contribution in [-0.2, 0) is 0 Å². The van der Waals surface area contributed by atoms with Crippen molar-refractivity contribution in [3.05, 3.63) is 63.8 Å². The monoisotopic (exact) mass is 295 g/mol. The van der Waals surface area contributed by atoms with Crippen LogP contribution in [0.25, 0.3) is 22.1 Å². The van der Waals surface area contributed by atoms with Crippen molar-refractivity contribution in [2.24, 2.45) is 0 Å². The van der Waals surface area contributed by atoms with Crippen LogP contribution in [0.3, 0.4) is 0 Å². The molecule has 0 bridgehead atoms. The third-order valence-electron chi connectivity index (χ3n) is 3.48. The fraction of sp³-hybridized carbons (Fsp3) is 0.0588. The summed E-state index contributed by atoms with van der Waals surface area (Å²) in [5, 5.41) is 18.7. The first-order chi connectivity index (χ1) is 10.5. The summed E-state index contributed by atoms with van der Waals surface area (Å²) < 4.78 is 18.9. The Morgan fingerprint density at radius 3 is 2.77 bits per heavy atom. The third kappa shape index (κ3) is 2.11. The lowest BCUT2D eigenvalue weighted by Crippen LogP contribution is -2.05. The van der Waals surface area contributed by atoms with Crippen molar-refractivity contribution in [2.45, 2.75) is 6.92 Å². The van der Waals surface area contributed by atoms with E-state index in [1.54, 1.807) is 6.92 Å². The van der Waals surface area contributed by atoms with Gasteiger partial charge in [0.05, 0.1) is 16.5 Å². The van der Waals surface area contributed by atoms with E-state index in [1.807, 2.05) is 6.07 Å². The van der Waals surface area contributed by atoms with Gasteiger partial charge in [0.15, 0.2) is 0 Å². The lowest BCUT2D eigenvalue weighted by Gasteiger charge is -2.05. The van der Waals surface area contributed by atoms with Gasteiger partial charge in [-0.15, -0.1) is 0 Å². The molecule has 5 heteroatoms. The number of hydrogen-bond acceptors (Lipinski definition) is 4. The van der Waals surface area contributed by atoms with Gasteiger partial charge in [-0.3, -0.25) is 4.79 Å². The number of rotatable bonds is 1. The number of phenolic OH excluding ortho intramolecular Hbond substituents is 1. The lowest BCUT2D eigenvalue weighted by molar-refractivity contribution is 0.473. The number of aryl methyl sites for hydroxylation is 1. The number of phenols is 1. The molecule has 3 rings (SSSR count). The van der Waals surface area contributed by atoms with Crippen molar-refractivity contribution >= 4 is 11.0 Å². The van der Waals surface area contributed by atoms with Gasteiger partial charge >= 0.3 is 0 Å². The highest BCUT2D eigenvalue weighted by Gasteiger charge is 2.13. The van der Waals surface area contributed by atoms with Crippen molar-refractivity contribution in [1.29, 1.82) is 5.26 Å². The summed E-state index contributed by atoms with van der Waals surface area (Å²) >= 11 is 0. The van der Waals surface area contributed by atoms with E-state index < -0.39 is 5.82 Å². The molecule has 1 heterocycles. The average Bonchev–Trinajstić information content (AvgIpc) is 2.50. The van der Waals surface area contributed by atoms with Gasteiger partial charge in [0.2, 0.25) is 5.43 Å². The van der Waals surface area contributed by atoms with E-state index in [-0.39, 0.29) is 33.3 Å². The normalized spacial score (nSPS) is 10.6. The van der Waals surface area contributed by atoms with E-state index in [0.717, 1.165) is 0 Å². The first kappa shape index (κ1) is 13.8. The first-order valence-corrected chi connectivity index (χ1v) is 6.46. The molecule has 3 aromatic rings. The Morgan fingerprint density at radius 2 is 2.05 bits per heavy atom. The minimum atomic E-state index is -0.445. The maximum absolute atomic E-state index is 13.5. The van der Waals surface area contributed by atoms with Crippen LogP contribution >= 0.6 is 0 Å². The zero-order valence-corrected chi connectivity index (χ0v) is 11.6. The third-order valence-corrected chi connectivity index (χ3v) is 3.48. The summed E-state index contributed by atoms with van der Waals surface area (Å²) in [6, 6.07) is 8.72. The molecule has 0 aliphatic rings. The average molecular weight is 295 g/mol. The number of benzene rings is 2. The lowest BCUT2D eigenvalue weighted by atomic mass is 10.0. The predicted molar refractivity (Wildman–Crippen MR) is 79.0 cm³/mol. The molecule has 2 aromatic carbocycles. The van der Waals surface area contributed by atoms with Crippen molar-refractivity contribution in [3.63, 3.8) is 0 Å². The van der Waals surface area contributed by atoms with Crippen LogP contribution in [0.2, 0.25) is 0 Å². The number of halogens is 1. The maximum Gasteiger partial charge on any atom is 0.200 e. The molecule has 22 heavy (non-hydrogen) atoms. The number of aromatic hydroxyl groups is 1. The quantitative estimate of drug-likeness (QED) is 0.745. The smallest absolute Gasteiger partial charge is 0.200 e. The second kappa shape index (κ2) is 5.01. The second-order valence-electron chi connectivity index (χ2n) is 4.92. The van der Waals surface area contributed by atoms with Crippen LogP contribution in [0.1, 0.15) is 11.1 Å². The van der Waals surface area contributed by atoms with Crippen LogP contribution in [0.4, 0.5) is 4.39 Å². The minimum Gasteiger partial charge on any atom is -0.507 e. The molecular formula is C17H10FNO3. The molecule has 0 atom stereocenters. The van der Waals surface area contributed by atoms with E-state index in [4.69, 9.17) is 9.68 Å². The van der Waals surface area contributed by atoms with Gasteiger partial charge in [0.1, 0.15) is 29.5 Å². The molecule has 0 aliphatic carbocycles. The Hall–Kier alpha value is -3.13. The summed E-state index contributed by atoms with van der Waals surface area (Å²) in [4.78, 5) is 12.5. The van der Waals surface area contributed by atoms with E-state index >= 15 is 0 Å². The molecule has 0 saturated heterocycles. The Labute approximate surface area is 124 Å². The van der Waals surface area contributed by atoms with Gasteiger partial charge < -0.3 is 9.52 Å². The molecular weight excluding hydrogens is 285 g/mol. The van der Waals surface area contributed by atoms with Gasteiger partial charge in [-0.25, -0.2) is 4.39 Å². The minimum absolute atomic E-state index is 0.0623. The number of hydrogen-bond donors (Lipinski definition) is 1. The summed E-state index contributed by atoms with van der Waals surface area (Å²) in [6.45, 7) is 1.56. The highest BCUT2D eigenvalue weighted by molar-refractivity contribution is 5.82. The van der Waals surface area contributed by atoms with Gasteiger partial charge in [0.25, 0.3) is 0 Å². The zero-order chi connectivity index (χ0) is 15.9. The standard InChI is InChI=1S/C17H10FNO3/c1-9-4-12-16(6-14(9)18)22-8-13(17(12)21)10-2-3-15(20)11(5-10)7-19/h2-6,8,20H,1H3. The van der Waals surface area contributed by atoms with Gasteiger partial charge in [-0.05, 0) is 36.2 Å². The zero-order valence-electron chi connectivity index (χ0n) is 11.6. The molecule has 0 spiro atoms. The molecule has 108 valence electrons. The first-order valence-electron chi connectivity index (χ1n) is 6.46. The van der Waals surface area contributed by atoms with Crippen LogP contribution in [0, 0.1) is 24.1 Å². The fourth-order valence-corrected chi connectivity index (χ4v) is 2.25. The number of nitriles is 1. The van der Waals surface area contributed by atoms with Gasteiger partial charge in [-0.1, -0.05) is 6.07 Å². The molecule has 0 unspecified atom stereocenters. The largest absolute Gasteiger partial charge is 0.507 e. The van der Waals surface area contributed by atoms with Crippen molar-refractivity contribution in [2.75, 3.05) is 0 Å². The molecule has 0 fully saturated rings. The molecule has 0 saturated carbocycles. The van der Waals surface area contributed by atoms with Crippen LogP contribution in [0.5, 0.6) is 5.75 Å². The topological polar surface area (TPSA) is 74.2 Å². The highest BCUT2D eigenvalue weighted by atomic mass is 19.1. The molecule has 0 aliphatic heterocycles. The summed E-state index contributed by atoms with van der Waals surface area (Å²) in [5.74, 6) is -0.603. The Bertz CT molecular complexity index is 999. The fourth-order valence-electron chi connectivity index (χ4n) is 2.25. The number of nitrogens with zero attached hydrogens (tertiary/aromatic N) is 1. The van der Waals surface area contributed by atoms with Crippen LogP contribution < -0.4 is 5.43 Å². The molecule has 0 amide bonds. The van der Waals surface area contributed by atoms with E-state index in [1.165, 1.54) is 36.6 Å². The highest BCUT2D eigenvalue weighted by Crippen LogP contribution is 2.25. The number of fused-ring (bicyclic) bond motifs is 1. The molecule has 0 radical (unpaired) electrons. The summed E-state index contributed by atoms with van der Waals surface area (Å²) in [6.07, 6.45) is 1.23. The predicted octanol–water partition coefficient (Wildman–Crippen LogP) is 3.48. The SMILES string of the molecule is Cc1cc2c(=O)c(-c3ccc(O)c(C#N)c3)coc2cc1F. The van der Waals surface area contributed by atoms with Crippen LogP contribution in [-0.4, -0.2) is 5.11 Å². The van der Waals surface area contributed by atoms with E-state index in [9.17, 15) is 14.3 Å². The Balaban J connectivity index is 2.29. The van der Waals surface area contributed by atoms with Gasteiger partial charge in [-0.2, -0.15) is 5.26 Å². The summed E-state index contributed by atoms with van der Waals surface area (Å²) in [5.41, 5.74) is 0.949. The van der Waals surface area contributed by atoms with E-state index in [0.29, 0.717) is 11.1 Å². The summed E-state index contributed by atoms with van der Waals surface area (Å²) in [7, 11) is 0. The molecule has 1 N–H and O–H groups in total. The second-order valence-corrected chi connectivity index (χ2v) is 4.92. The van der Waals surface area contributed by atoms with Crippen molar-refractivity contribution < 1.29 is 13.9 Å². The molecule has 4 nitrogen and oxygen atoms in total. The van der Waals surface area contributed by atoms with E-state index in [2.05, 4.69) is 0 Å². The Morgan fingerprint density at radius 1 is 1.27 bits per heavy atom. The van der Waals surface area contributed by atoms with Crippen molar-refractivity contribution in [1.82, 2.24) is 0 Å². The van der Waals surface area contributed by atoms with Crippen molar-refractivity contribution in [3.8, 4) is 22.9 Å². The van der Waals surface area contributed by atoms with Gasteiger partial charge in [0, 0.05) is 6.07 Å². The van der Waals surface area contributed by atoms with Crippen LogP contribution in [0.15, 0.2) is 45.8 Å². The maximum atomic E-state index is 13.5. The molecule has 1 aromatic heterocycles.